The van der Waals surface area contributed by atoms with Gasteiger partial charge in [-0.2, -0.15) is 0 Å². The Morgan fingerprint density at radius 3 is 2.83 bits per heavy atom. The van der Waals surface area contributed by atoms with Crippen LogP contribution >= 0.6 is 11.6 Å². The standard InChI is InChI=1S/C13H17ClN2OS/c1-9-4-5-12-11(6-9)15-13(7-14)16(12)8-10(2)18(3)17/h4-6,10H,7-8H2,1-3H3. The van der Waals surface area contributed by atoms with Gasteiger partial charge >= 0.3 is 0 Å². The van der Waals surface area contributed by atoms with E-state index < -0.39 is 10.8 Å². The molecular weight excluding hydrogens is 268 g/mol. The molecule has 18 heavy (non-hydrogen) atoms. The zero-order valence-corrected chi connectivity index (χ0v) is 12.4. The number of aromatic nitrogens is 2. The van der Waals surface area contributed by atoms with Gasteiger partial charge in [-0.25, -0.2) is 4.98 Å². The fourth-order valence-corrected chi connectivity index (χ4v) is 2.52. The van der Waals surface area contributed by atoms with Crippen LogP contribution in [0, 0.1) is 6.92 Å². The first-order chi connectivity index (χ1) is 8.52. The average Bonchev–Trinajstić information content (AvgIpc) is 2.66. The quantitative estimate of drug-likeness (QED) is 0.809. The fraction of sp³-hybridized carbons (Fsp3) is 0.462. The Labute approximate surface area is 115 Å². The van der Waals surface area contributed by atoms with Gasteiger partial charge in [0.15, 0.2) is 0 Å². The first-order valence-electron chi connectivity index (χ1n) is 5.87. The van der Waals surface area contributed by atoms with Gasteiger partial charge in [-0.1, -0.05) is 6.07 Å². The minimum Gasteiger partial charge on any atom is -0.326 e. The number of rotatable bonds is 4. The minimum atomic E-state index is -0.844. The van der Waals surface area contributed by atoms with Gasteiger partial charge in [0.05, 0.1) is 16.9 Å². The smallest absolute Gasteiger partial charge is 0.124 e. The summed E-state index contributed by atoms with van der Waals surface area (Å²) in [7, 11) is -0.844. The van der Waals surface area contributed by atoms with Crippen molar-refractivity contribution in [3.63, 3.8) is 0 Å². The molecular formula is C13H17ClN2OS. The van der Waals surface area contributed by atoms with Gasteiger partial charge in [0, 0.05) is 28.9 Å². The number of halogens is 1. The van der Waals surface area contributed by atoms with Crippen molar-refractivity contribution < 1.29 is 4.21 Å². The zero-order chi connectivity index (χ0) is 13.3. The molecule has 2 rings (SSSR count). The number of aryl methyl sites for hydroxylation is 1. The van der Waals surface area contributed by atoms with Crippen molar-refractivity contribution >= 4 is 33.4 Å². The highest BCUT2D eigenvalue weighted by atomic mass is 35.5. The number of nitrogens with zero attached hydrogens (tertiary/aromatic N) is 2. The molecule has 0 aliphatic heterocycles. The topological polar surface area (TPSA) is 34.9 Å². The highest BCUT2D eigenvalue weighted by Gasteiger charge is 2.14. The number of hydrogen-bond acceptors (Lipinski definition) is 2. The SMILES string of the molecule is Cc1ccc2c(c1)nc(CCl)n2CC(C)S(C)=O. The second-order valence-corrected chi connectivity index (χ2v) is 6.64. The molecule has 3 nitrogen and oxygen atoms in total. The van der Waals surface area contributed by atoms with Crippen LogP contribution in [0.3, 0.4) is 0 Å². The number of benzene rings is 1. The molecule has 0 N–H and O–H groups in total. The Morgan fingerprint density at radius 2 is 2.22 bits per heavy atom. The molecule has 0 bridgehead atoms. The van der Waals surface area contributed by atoms with E-state index in [2.05, 4.69) is 27.8 Å². The number of alkyl halides is 1. The highest BCUT2D eigenvalue weighted by molar-refractivity contribution is 7.84. The molecule has 0 fully saturated rings. The molecule has 2 aromatic rings. The predicted octanol–water partition coefficient (Wildman–Crippen LogP) is 2.85. The third-order valence-corrected chi connectivity index (χ3v) is 4.63. The molecule has 0 aliphatic rings. The second-order valence-electron chi connectivity index (χ2n) is 4.57. The first kappa shape index (κ1) is 13.6. The van der Waals surface area contributed by atoms with Gasteiger partial charge < -0.3 is 4.57 Å². The molecule has 0 saturated heterocycles. The molecule has 0 aliphatic carbocycles. The monoisotopic (exact) mass is 284 g/mol. The second kappa shape index (κ2) is 5.41. The summed E-state index contributed by atoms with van der Waals surface area (Å²) in [6.07, 6.45) is 1.73. The van der Waals surface area contributed by atoms with Crippen molar-refractivity contribution in [3.05, 3.63) is 29.6 Å². The maximum Gasteiger partial charge on any atom is 0.124 e. The third kappa shape index (κ3) is 2.59. The number of hydrogen-bond donors (Lipinski definition) is 0. The lowest BCUT2D eigenvalue weighted by Gasteiger charge is -2.12. The summed E-state index contributed by atoms with van der Waals surface area (Å²) in [5.41, 5.74) is 3.20. The normalized spacial score (nSPS) is 14.9. The van der Waals surface area contributed by atoms with Crippen LogP contribution in [-0.4, -0.2) is 25.3 Å². The summed E-state index contributed by atoms with van der Waals surface area (Å²) < 4.78 is 13.6. The maximum absolute atomic E-state index is 11.5. The maximum atomic E-state index is 11.5. The lowest BCUT2D eigenvalue weighted by Crippen LogP contribution is -2.18. The van der Waals surface area contributed by atoms with E-state index in [1.165, 1.54) is 5.56 Å². The van der Waals surface area contributed by atoms with Crippen molar-refractivity contribution in [2.75, 3.05) is 6.26 Å². The summed E-state index contributed by atoms with van der Waals surface area (Å²) in [4.78, 5) is 4.54. The van der Waals surface area contributed by atoms with Crippen molar-refractivity contribution in [2.24, 2.45) is 0 Å². The lowest BCUT2D eigenvalue weighted by molar-refractivity contribution is 0.641. The Morgan fingerprint density at radius 1 is 1.50 bits per heavy atom. The summed E-state index contributed by atoms with van der Waals surface area (Å²) >= 11 is 5.95. The number of fused-ring (bicyclic) bond motifs is 1. The minimum absolute atomic E-state index is 0.0886. The van der Waals surface area contributed by atoms with Crippen LogP contribution in [0.4, 0.5) is 0 Å². The van der Waals surface area contributed by atoms with Crippen LogP contribution in [0.2, 0.25) is 0 Å². The molecule has 2 atom stereocenters. The largest absolute Gasteiger partial charge is 0.326 e. The molecule has 0 radical (unpaired) electrons. The van der Waals surface area contributed by atoms with Gasteiger partial charge in [0.25, 0.3) is 0 Å². The highest BCUT2D eigenvalue weighted by Crippen LogP contribution is 2.20. The van der Waals surface area contributed by atoms with E-state index in [-0.39, 0.29) is 5.25 Å². The van der Waals surface area contributed by atoms with Crippen molar-refractivity contribution in [1.82, 2.24) is 9.55 Å². The van der Waals surface area contributed by atoms with Gasteiger partial charge in [0.2, 0.25) is 0 Å². The lowest BCUT2D eigenvalue weighted by atomic mass is 10.2. The van der Waals surface area contributed by atoms with Crippen LogP contribution in [0.15, 0.2) is 18.2 Å². The predicted molar refractivity (Wildman–Crippen MR) is 77.6 cm³/mol. The summed E-state index contributed by atoms with van der Waals surface area (Å²) in [6.45, 7) is 4.71. The van der Waals surface area contributed by atoms with Gasteiger partial charge in [-0.05, 0) is 31.5 Å². The average molecular weight is 285 g/mol. The Bertz CT molecular complexity index is 594. The van der Waals surface area contributed by atoms with Crippen LogP contribution in [0.25, 0.3) is 11.0 Å². The van der Waals surface area contributed by atoms with Gasteiger partial charge in [0.1, 0.15) is 5.82 Å². The van der Waals surface area contributed by atoms with Crippen molar-refractivity contribution in [1.29, 1.82) is 0 Å². The van der Waals surface area contributed by atoms with E-state index in [1.807, 2.05) is 13.8 Å². The molecule has 0 spiro atoms. The van der Waals surface area contributed by atoms with E-state index >= 15 is 0 Å². The molecule has 5 heteroatoms. The Kier molecular flexibility index (Phi) is 4.07. The third-order valence-electron chi connectivity index (χ3n) is 3.11. The van der Waals surface area contributed by atoms with E-state index in [1.54, 1.807) is 6.26 Å². The summed E-state index contributed by atoms with van der Waals surface area (Å²) in [5, 5.41) is 0.0886. The van der Waals surface area contributed by atoms with E-state index in [0.717, 1.165) is 16.9 Å². The van der Waals surface area contributed by atoms with Crippen molar-refractivity contribution in [2.45, 2.75) is 31.5 Å². The van der Waals surface area contributed by atoms with E-state index in [4.69, 9.17) is 11.6 Å². The number of imidazole rings is 1. The van der Waals surface area contributed by atoms with Gasteiger partial charge in [-0.15, -0.1) is 11.6 Å². The summed E-state index contributed by atoms with van der Waals surface area (Å²) in [5.74, 6) is 1.21. The molecule has 0 saturated carbocycles. The molecule has 1 heterocycles. The van der Waals surface area contributed by atoms with E-state index in [0.29, 0.717) is 12.4 Å². The molecule has 1 aromatic carbocycles. The molecule has 0 amide bonds. The van der Waals surface area contributed by atoms with Gasteiger partial charge in [-0.3, -0.25) is 4.21 Å². The fourth-order valence-electron chi connectivity index (χ4n) is 1.96. The molecule has 2 unspecified atom stereocenters. The first-order valence-corrected chi connectivity index (χ1v) is 8.02. The Balaban J connectivity index is 2.50. The van der Waals surface area contributed by atoms with Crippen molar-refractivity contribution in [3.8, 4) is 0 Å². The van der Waals surface area contributed by atoms with Crippen LogP contribution in [0.1, 0.15) is 18.3 Å². The van der Waals surface area contributed by atoms with Crippen LogP contribution in [-0.2, 0) is 23.2 Å². The summed E-state index contributed by atoms with van der Waals surface area (Å²) in [6, 6.07) is 6.17. The molecule has 98 valence electrons. The van der Waals surface area contributed by atoms with E-state index in [9.17, 15) is 4.21 Å². The molecule has 1 aromatic heterocycles. The zero-order valence-electron chi connectivity index (χ0n) is 10.8. The van der Waals surface area contributed by atoms with Crippen LogP contribution < -0.4 is 0 Å². The Hall–Kier alpha value is -0.870. The van der Waals surface area contributed by atoms with Crippen LogP contribution in [0.5, 0.6) is 0 Å².